The molecule has 0 saturated carbocycles. The van der Waals surface area contributed by atoms with Crippen LogP contribution >= 0.6 is 0 Å². The van der Waals surface area contributed by atoms with Gasteiger partial charge in [0.15, 0.2) is 5.82 Å². The van der Waals surface area contributed by atoms with Crippen LogP contribution in [0.25, 0.3) is 0 Å². The molecule has 0 spiro atoms. The largest absolute Gasteiger partial charge is 0.346 e. The Balaban J connectivity index is 2.02. The lowest BCUT2D eigenvalue weighted by Crippen LogP contribution is -2.30. The molecule has 1 heterocycles. The topological polar surface area (TPSA) is 114 Å². The molecule has 0 aliphatic carbocycles. The Hall–Kier alpha value is -2.77. The van der Waals surface area contributed by atoms with Gasteiger partial charge in [0.1, 0.15) is 5.82 Å². The van der Waals surface area contributed by atoms with Gasteiger partial charge in [-0.15, -0.1) is 0 Å². The fraction of sp³-hybridized carbons (Fsp3) is 0.357. The number of aryl methyl sites for hydroxylation is 1. The number of hydrogen-bond acceptors (Lipinski definition) is 5. The summed E-state index contributed by atoms with van der Waals surface area (Å²) in [6.07, 6.45) is 0.722. The van der Waals surface area contributed by atoms with E-state index in [0.717, 1.165) is 0 Å². The number of carbonyl (C=O) groups excluding carboxylic acids is 1. The van der Waals surface area contributed by atoms with E-state index in [1.54, 1.807) is 19.1 Å². The quantitative estimate of drug-likeness (QED) is 0.624. The van der Waals surface area contributed by atoms with Crippen molar-refractivity contribution in [3.05, 3.63) is 51.6 Å². The summed E-state index contributed by atoms with van der Waals surface area (Å²) in [5.74, 6) is 0.989. The zero-order valence-electron chi connectivity index (χ0n) is 12.4. The first-order chi connectivity index (χ1) is 10.5. The number of benzene rings is 1. The first kappa shape index (κ1) is 15.6. The molecule has 2 rings (SSSR count). The summed E-state index contributed by atoms with van der Waals surface area (Å²) in [4.78, 5) is 26.6. The van der Waals surface area contributed by atoms with Crippen molar-refractivity contribution >= 4 is 11.6 Å². The number of nitrogens with one attached hydrogen (secondary N) is 2. The Kier molecular flexibility index (Phi) is 4.82. The highest BCUT2D eigenvalue weighted by Crippen LogP contribution is 2.15. The smallest absolute Gasteiger partial charge is 0.269 e. The van der Waals surface area contributed by atoms with Crippen LogP contribution in [0.2, 0.25) is 0 Å². The second-order valence-corrected chi connectivity index (χ2v) is 4.91. The molecule has 1 aromatic carbocycles. The molecule has 0 aliphatic heterocycles. The van der Waals surface area contributed by atoms with Crippen molar-refractivity contribution in [3.63, 3.8) is 0 Å². The zero-order chi connectivity index (χ0) is 16.1. The number of nitro groups is 1. The second kappa shape index (κ2) is 6.79. The first-order valence-corrected chi connectivity index (χ1v) is 6.91. The molecule has 22 heavy (non-hydrogen) atoms. The number of amides is 1. The van der Waals surface area contributed by atoms with E-state index in [4.69, 9.17) is 0 Å². The lowest BCUT2D eigenvalue weighted by atomic mass is 10.1. The van der Waals surface area contributed by atoms with Crippen molar-refractivity contribution in [2.45, 2.75) is 32.7 Å². The molecule has 2 aromatic rings. The summed E-state index contributed by atoms with van der Waals surface area (Å²) in [5.41, 5.74) is 0.564. The maximum atomic E-state index is 12.1. The Labute approximate surface area is 127 Å². The lowest BCUT2D eigenvalue weighted by Gasteiger charge is -2.13. The molecule has 0 saturated heterocycles. The van der Waals surface area contributed by atoms with Crippen LogP contribution in [0.1, 0.15) is 36.6 Å². The van der Waals surface area contributed by atoms with E-state index >= 15 is 0 Å². The van der Waals surface area contributed by atoms with Crippen LogP contribution < -0.4 is 5.32 Å². The zero-order valence-corrected chi connectivity index (χ0v) is 12.4. The molecule has 0 radical (unpaired) electrons. The number of H-pyrrole nitrogens is 1. The Morgan fingerprint density at radius 3 is 2.86 bits per heavy atom. The van der Waals surface area contributed by atoms with E-state index in [1.807, 2.05) is 6.92 Å². The summed E-state index contributed by atoms with van der Waals surface area (Å²) in [7, 11) is 0. The highest BCUT2D eigenvalue weighted by atomic mass is 16.6. The van der Waals surface area contributed by atoms with Crippen molar-refractivity contribution in [2.75, 3.05) is 0 Å². The molecule has 116 valence electrons. The SMILES string of the molecule is CC[C@H](NC(=O)Cc1cccc([N+](=O)[O-])c1)c1n[nH]c(C)n1. The van der Waals surface area contributed by atoms with Gasteiger partial charge in [-0.2, -0.15) is 5.10 Å². The average molecular weight is 303 g/mol. The second-order valence-electron chi connectivity index (χ2n) is 4.91. The molecular weight excluding hydrogens is 286 g/mol. The van der Waals surface area contributed by atoms with Crippen LogP contribution in [-0.2, 0) is 11.2 Å². The number of rotatable bonds is 6. The van der Waals surface area contributed by atoms with E-state index in [9.17, 15) is 14.9 Å². The molecular formula is C14H17N5O3. The van der Waals surface area contributed by atoms with Crippen LogP contribution in [0.3, 0.4) is 0 Å². The molecule has 1 aromatic heterocycles. The summed E-state index contributed by atoms with van der Waals surface area (Å²) in [6.45, 7) is 3.71. The summed E-state index contributed by atoms with van der Waals surface area (Å²) >= 11 is 0. The predicted octanol–water partition coefficient (Wildman–Crippen LogP) is 1.83. The molecule has 1 amide bonds. The van der Waals surface area contributed by atoms with Crippen LogP contribution in [0.4, 0.5) is 5.69 Å². The first-order valence-electron chi connectivity index (χ1n) is 6.91. The number of hydrogen-bond donors (Lipinski definition) is 2. The van der Waals surface area contributed by atoms with Crippen LogP contribution in [-0.4, -0.2) is 26.0 Å². The maximum absolute atomic E-state index is 12.1. The van der Waals surface area contributed by atoms with Crippen LogP contribution in [0.15, 0.2) is 24.3 Å². The standard InChI is InChI=1S/C14H17N5O3/c1-3-12(14-15-9(2)17-18-14)16-13(20)8-10-5-4-6-11(7-10)19(21)22/h4-7,12H,3,8H2,1-2H3,(H,16,20)(H,15,17,18)/t12-/m0/s1. The van der Waals surface area contributed by atoms with Crippen molar-refractivity contribution in [3.8, 4) is 0 Å². The predicted molar refractivity (Wildman–Crippen MR) is 79.1 cm³/mol. The third-order valence-corrected chi connectivity index (χ3v) is 3.16. The highest BCUT2D eigenvalue weighted by Gasteiger charge is 2.17. The van der Waals surface area contributed by atoms with Crippen molar-refractivity contribution < 1.29 is 9.72 Å². The maximum Gasteiger partial charge on any atom is 0.269 e. The fourth-order valence-corrected chi connectivity index (χ4v) is 2.08. The van der Waals surface area contributed by atoms with E-state index in [-0.39, 0.29) is 24.1 Å². The van der Waals surface area contributed by atoms with Gasteiger partial charge in [0, 0.05) is 12.1 Å². The van der Waals surface area contributed by atoms with Crippen LogP contribution in [0.5, 0.6) is 0 Å². The van der Waals surface area contributed by atoms with E-state index in [2.05, 4.69) is 20.5 Å². The number of aromatic amines is 1. The van der Waals surface area contributed by atoms with Gasteiger partial charge < -0.3 is 5.32 Å². The average Bonchev–Trinajstić information content (AvgIpc) is 2.91. The molecule has 0 fully saturated rings. The van der Waals surface area contributed by atoms with E-state index in [0.29, 0.717) is 23.6 Å². The van der Waals surface area contributed by atoms with Gasteiger partial charge in [-0.25, -0.2) is 4.98 Å². The van der Waals surface area contributed by atoms with Gasteiger partial charge in [-0.1, -0.05) is 19.1 Å². The minimum absolute atomic E-state index is 0.0260. The van der Waals surface area contributed by atoms with Crippen molar-refractivity contribution in [2.24, 2.45) is 0 Å². The van der Waals surface area contributed by atoms with Crippen LogP contribution in [0, 0.1) is 17.0 Å². The van der Waals surface area contributed by atoms with E-state index < -0.39 is 4.92 Å². The third-order valence-electron chi connectivity index (χ3n) is 3.16. The third kappa shape index (κ3) is 3.87. The van der Waals surface area contributed by atoms with Crippen molar-refractivity contribution in [1.29, 1.82) is 0 Å². The number of nitrogens with zero attached hydrogens (tertiary/aromatic N) is 3. The van der Waals surface area contributed by atoms with Crippen molar-refractivity contribution in [1.82, 2.24) is 20.5 Å². The molecule has 8 nitrogen and oxygen atoms in total. The number of non-ortho nitro benzene ring substituents is 1. The Morgan fingerprint density at radius 1 is 1.50 bits per heavy atom. The summed E-state index contributed by atoms with van der Waals surface area (Å²) < 4.78 is 0. The summed E-state index contributed by atoms with van der Waals surface area (Å²) in [5, 5.41) is 20.4. The number of aromatic nitrogens is 3. The molecule has 8 heteroatoms. The van der Waals surface area contributed by atoms with Gasteiger partial charge in [-0.3, -0.25) is 20.0 Å². The molecule has 1 atom stereocenters. The Morgan fingerprint density at radius 2 is 2.27 bits per heavy atom. The van der Waals surface area contributed by atoms with Gasteiger partial charge in [0.2, 0.25) is 5.91 Å². The molecule has 2 N–H and O–H groups in total. The number of nitro benzene ring substituents is 1. The van der Waals surface area contributed by atoms with Gasteiger partial charge in [0.05, 0.1) is 17.4 Å². The minimum atomic E-state index is -0.479. The Bertz CT molecular complexity index is 683. The minimum Gasteiger partial charge on any atom is -0.346 e. The highest BCUT2D eigenvalue weighted by molar-refractivity contribution is 5.79. The molecule has 0 aliphatic rings. The monoisotopic (exact) mass is 303 g/mol. The number of carbonyl (C=O) groups is 1. The van der Waals surface area contributed by atoms with Gasteiger partial charge in [0.25, 0.3) is 5.69 Å². The lowest BCUT2D eigenvalue weighted by molar-refractivity contribution is -0.384. The summed E-state index contributed by atoms with van der Waals surface area (Å²) in [6, 6.07) is 5.77. The molecule has 0 bridgehead atoms. The van der Waals surface area contributed by atoms with Gasteiger partial charge >= 0.3 is 0 Å². The van der Waals surface area contributed by atoms with E-state index in [1.165, 1.54) is 12.1 Å². The molecule has 0 unspecified atom stereocenters. The fourth-order valence-electron chi connectivity index (χ4n) is 2.08. The normalized spacial score (nSPS) is 11.9. The van der Waals surface area contributed by atoms with Gasteiger partial charge in [-0.05, 0) is 18.9 Å².